The second kappa shape index (κ2) is 11.4. The average molecular weight is 327 g/mol. The van der Waals surface area contributed by atoms with Crippen molar-refractivity contribution in [3.63, 3.8) is 0 Å². The molecule has 0 spiro atoms. The Hall–Kier alpha value is -1.22. The summed E-state index contributed by atoms with van der Waals surface area (Å²) in [5.74, 6) is 0.233. The highest BCUT2D eigenvalue weighted by atomic mass is 35.5. The highest BCUT2D eigenvalue weighted by molar-refractivity contribution is 5.85. The highest BCUT2D eigenvalue weighted by Gasteiger charge is 2.19. The van der Waals surface area contributed by atoms with Crippen LogP contribution in [0.25, 0.3) is 0 Å². The normalized spacial score (nSPS) is 11.6. The molecule has 4 heteroatoms. The molecule has 22 heavy (non-hydrogen) atoms. The lowest BCUT2D eigenvalue weighted by atomic mass is 10.1. The number of halogens is 1. The molecule has 0 aliphatic rings. The van der Waals surface area contributed by atoms with Gasteiger partial charge in [-0.2, -0.15) is 0 Å². The van der Waals surface area contributed by atoms with Gasteiger partial charge in [0, 0.05) is 18.3 Å². The summed E-state index contributed by atoms with van der Waals surface area (Å²) in [5, 5.41) is 0. The van der Waals surface area contributed by atoms with Crippen molar-refractivity contribution in [3.8, 4) is 0 Å². The van der Waals surface area contributed by atoms with Crippen LogP contribution >= 0.6 is 12.4 Å². The van der Waals surface area contributed by atoms with Gasteiger partial charge in [-0.3, -0.25) is 4.79 Å². The summed E-state index contributed by atoms with van der Waals surface area (Å²) in [5.41, 5.74) is 7.47. The molecule has 1 rings (SSSR count). The zero-order chi connectivity index (χ0) is 15.7. The second-order valence-corrected chi connectivity index (χ2v) is 5.85. The van der Waals surface area contributed by atoms with Crippen LogP contribution in [0.4, 0.5) is 5.69 Å². The van der Waals surface area contributed by atoms with E-state index >= 15 is 0 Å². The van der Waals surface area contributed by atoms with Gasteiger partial charge in [0.05, 0.1) is 6.42 Å². The van der Waals surface area contributed by atoms with Crippen molar-refractivity contribution in [1.29, 1.82) is 0 Å². The van der Waals surface area contributed by atoms with E-state index < -0.39 is 0 Å². The number of hydrogen-bond acceptors (Lipinski definition) is 2. The van der Waals surface area contributed by atoms with E-state index in [0.717, 1.165) is 37.1 Å². The summed E-state index contributed by atoms with van der Waals surface area (Å²) in [6.45, 7) is 7.40. The number of carbonyl (C=O) groups is 1. The van der Waals surface area contributed by atoms with Crippen molar-refractivity contribution < 1.29 is 4.79 Å². The number of nitrogens with zero attached hydrogens (tertiary/aromatic N) is 1. The zero-order valence-corrected chi connectivity index (χ0v) is 15.0. The molecular weight excluding hydrogens is 296 g/mol. The molecule has 2 N–H and O–H groups in total. The molecule has 0 saturated heterocycles. The summed E-state index contributed by atoms with van der Waals surface area (Å²) in [7, 11) is 0. The predicted octanol–water partition coefficient (Wildman–Crippen LogP) is 4.44. The Morgan fingerprint density at radius 2 is 1.77 bits per heavy atom. The molecule has 1 aromatic carbocycles. The van der Waals surface area contributed by atoms with Crippen LogP contribution in [0.3, 0.4) is 0 Å². The molecule has 1 aromatic rings. The fourth-order valence-electron chi connectivity index (χ4n) is 2.61. The molecule has 1 amide bonds. The fourth-order valence-corrected chi connectivity index (χ4v) is 2.61. The van der Waals surface area contributed by atoms with Crippen molar-refractivity contribution in [1.82, 2.24) is 4.90 Å². The summed E-state index contributed by atoms with van der Waals surface area (Å²) in [6, 6.07) is 7.94. The lowest BCUT2D eigenvalue weighted by Crippen LogP contribution is -2.40. The number of carbonyl (C=O) groups excluding carboxylic acids is 1. The van der Waals surface area contributed by atoms with Crippen molar-refractivity contribution in [2.75, 3.05) is 12.3 Å². The first-order valence-electron chi connectivity index (χ1n) is 8.22. The van der Waals surface area contributed by atoms with Gasteiger partial charge >= 0.3 is 0 Å². The SMILES string of the molecule is CCCCCN(C(=O)Cc1ccc(N)cc1)C(C)CCC.Cl. The van der Waals surface area contributed by atoms with Crippen molar-refractivity contribution in [2.45, 2.75) is 65.3 Å². The van der Waals surface area contributed by atoms with Crippen LogP contribution in [0.1, 0.15) is 58.4 Å². The molecule has 0 aliphatic heterocycles. The molecule has 0 aromatic heterocycles. The predicted molar refractivity (Wildman–Crippen MR) is 97.4 cm³/mol. The smallest absolute Gasteiger partial charge is 0.227 e. The molecule has 0 radical (unpaired) electrons. The van der Waals surface area contributed by atoms with Crippen LogP contribution in [0.2, 0.25) is 0 Å². The van der Waals surface area contributed by atoms with Crippen LogP contribution in [0.5, 0.6) is 0 Å². The summed E-state index contributed by atoms with van der Waals surface area (Å²) < 4.78 is 0. The number of benzene rings is 1. The molecule has 3 nitrogen and oxygen atoms in total. The van der Waals surface area contributed by atoms with Crippen LogP contribution < -0.4 is 5.73 Å². The van der Waals surface area contributed by atoms with Gasteiger partial charge in [-0.05, 0) is 37.5 Å². The van der Waals surface area contributed by atoms with Gasteiger partial charge < -0.3 is 10.6 Å². The Labute approximate surface area is 141 Å². The van der Waals surface area contributed by atoms with E-state index in [4.69, 9.17) is 5.73 Å². The van der Waals surface area contributed by atoms with E-state index in [1.54, 1.807) is 0 Å². The van der Waals surface area contributed by atoms with Crippen LogP contribution in [-0.2, 0) is 11.2 Å². The molecule has 1 unspecified atom stereocenters. The van der Waals surface area contributed by atoms with E-state index in [9.17, 15) is 4.79 Å². The third-order valence-corrected chi connectivity index (χ3v) is 3.90. The zero-order valence-electron chi connectivity index (χ0n) is 14.2. The van der Waals surface area contributed by atoms with Crippen LogP contribution in [-0.4, -0.2) is 23.4 Å². The number of nitrogen functional groups attached to an aromatic ring is 1. The van der Waals surface area contributed by atoms with Gasteiger partial charge in [0.1, 0.15) is 0 Å². The van der Waals surface area contributed by atoms with Crippen LogP contribution in [0, 0.1) is 0 Å². The number of rotatable bonds is 9. The van der Waals surface area contributed by atoms with E-state index in [-0.39, 0.29) is 18.3 Å². The van der Waals surface area contributed by atoms with Gasteiger partial charge in [0.25, 0.3) is 0 Å². The van der Waals surface area contributed by atoms with Gasteiger partial charge in [-0.15, -0.1) is 12.4 Å². The van der Waals surface area contributed by atoms with Gasteiger partial charge in [-0.1, -0.05) is 45.2 Å². The minimum atomic E-state index is 0. The second-order valence-electron chi connectivity index (χ2n) is 5.85. The third kappa shape index (κ3) is 7.17. The number of nitrogens with two attached hydrogens (primary N) is 1. The van der Waals surface area contributed by atoms with E-state index in [0.29, 0.717) is 12.5 Å². The van der Waals surface area contributed by atoms with Crippen molar-refractivity contribution in [3.05, 3.63) is 29.8 Å². The summed E-state index contributed by atoms with van der Waals surface area (Å²) in [6.07, 6.45) is 6.12. The molecule has 0 saturated carbocycles. The topological polar surface area (TPSA) is 46.3 Å². The van der Waals surface area contributed by atoms with Crippen molar-refractivity contribution >= 4 is 24.0 Å². The highest BCUT2D eigenvalue weighted by Crippen LogP contribution is 2.13. The molecule has 0 bridgehead atoms. The van der Waals surface area contributed by atoms with E-state index in [1.165, 1.54) is 12.8 Å². The Morgan fingerprint density at radius 1 is 1.14 bits per heavy atom. The maximum atomic E-state index is 12.6. The Morgan fingerprint density at radius 3 is 2.32 bits per heavy atom. The summed E-state index contributed by atoms with van der Waals surface area (Å²) in [4.78, 5) is 14.7. The molecule has 0 heterocycles. The first kappa shape index (κ1) is 20.8. The summed E-state index contributed by atoms with van der Waals surface area (Å²) >= 11 is 0. The van der Waals surface area contributed by atoms with Crippen LogP contribution in [0.15, 0.2) is 24.3 Å². The van der Waals surface area contributed by atoms with E-state index in [1.807, 2.05) is 24.3 Å². The van der Waals surface area contributed by atoms with E-state index in [2.05, 4.69) is 25.7 Å². The number of unbranched alkanes of at least 4 members (excludes halogenated alkanes) is 2. The third-order valence-electron chi connectivity index (χ3n) is 3.90. The number of anilines is 1. The molecule has 1 atom stereocenters. The van der Waals surface area contributed by atoms with Gasteiger partial charge in [-0.25, -0.2) is 0 Å². The quantitative estimate of drug-likeness (QED) is 0.538. The Balaban J connectivity index is 0.00000441. The Bertz CT molecular complexity index is 420. The first-order chi connectivity index (χ1) is 10.1. The fraction of sp³-hybridized carbons (Fsp3) is 0.611. The largest absolute Gasteiger partial charge is 0.399 e. The number of amides is 1. The van der Waals surface area contributed by atoms with Crippen molar-refractivity contribution in [2.24, 2.45) is 0 Å². The minimum absolute atomic E-state index is 0. The maximum absolute atomic E-state index is 12.6. The lowest BCUT2D eigenvalue weighted by Gasteiger charge is -2.29. The minimum Gasteiger partial charge on any atom is -0.399 e. The first-order valence-corrected chi connectivity index (χ1v) is 8.22. The average Bonchev–Trinajstić information content (AvgIpc) is 2.46. The lowest BCUT2D eigenvalue weighted by molar-refractivity contribution is -0.132. The maximum Gasteiger partial charge on any atom is 0.227 e. The molecule has 0 fully saturated rings. The molecule has 0 aliphatic carbocycles. The molecule has 126 valence electrons. The standard InChI is InChI=1S/C18H30N2O.ClH/c1-4-6-7-13-20(15(3)8-5-2)18(21)14-16-9-11-17(19)12-10-16;/h9-12,15H,4-8,13-14,19H2,1-3H3;1H. The number of hydrogen-bond donors (Lipinski definition) is 1. The van der Waals surface area contributed by atoms with Gasteiger partial charge in [0.15, 0.2) is 0 Å². The molecular formula is C18H31ClN2O. The monoisotopic (exact) mass is 326 g/mol. The Kier molecular flexibility index (Phi) is 10.7. The van der Waals surface area contributed by atoms with Gasteiger partial charge in [0.2, 0.25) is 5.91 Å².